The fourth-order valence-electron chi connectivity index (χ4n) is 20.3. The molecule has 1 saturated heterocycles. The summed E-state index contributed by atoms with van der Waals surface area (Å²) in [7, 11) is 6.70. The maximum absolute atomic E-state index is 15.2. The molecule has 8 amide bonds. The first-order valence-corrected chi connectivity index (χ1v) is 42.1. The van der Waals surface area contributed by atoms with Gasteiger partial charge in [0, 0.05) is 102 Å². The molecule has 12 aromatic rings. The number of benzene rings is 12. The minimum Gasteiger partial charge on any atom is -0.461 e. The standard InChI is InChI=1S/C98H100N8O12/c1-103-67-39-35-63(53-67)93(111)101-83(49-57-17-7-5-8-18-57)97(115)106(4)70-42-34-62(52-70)92(110)100-82(46-48-86(108)118-56-66-38-44-80-76-30-14-24-60-22-12-28-74(88(60)76)78-32-16-26-72(66)90(78)80)96(114)104(2)68-40-36-64(54-68)94(112)102-84(50-58-19-9-6-10-20-58)98(116)105(3)69-41-33-61(51-69)91(109)99-81(95(103)113)45-47-85(107)117-55-65-37-43-79-75-29-13-23-59-21-11-27-73(87(59)75)77-31-15-25-71(65)89(77)79/h5-32,37-38,43-44,61-64,67-70,81-84H,33-36,39-42,45-56H2,1-4H3,(H,99,109)(H,100,110)(H,101,111)(H,102,112)/t61-,62-,63-,64-,67+,68+,69+,70+,81-,82+,83-,84+/m1/s1. The van der Waals surface area contributed by atoms with Crippen LogP contribution in [0.1, 0.15) is 125 Å². The van der Waals surface area contributed by atoms with Crippen molar-refractivity contribution in [1.82, 2.24) is 40.9 Å². The van der Waals surface area contributed by atoms with Gasteiger partial charge in [-0.05, 0) is 198 Å². The summed E-state index contributed by atoms with van der Waals surface area (Å²) in [5.74, 6) is -6.66. The summed E-state index contributed by atoms with van der Waals surface area (Å²) < 4.78 is 12.1. The third-order valence-corrected chi connectivity index (χ3v) is 27.0. The van der Waals surface area contributed by atoms with E-state index in [9.17, 15) is 28.8 Å². The van der Waals surface area contributed by atoms with Gasteiger partial charge in [0.2, 0.25) is 47.3 Å². The number of ether oxygens (including phenoxy) is 2. The topological polar surface area (TPSA) is 250 Å². The molecular formula is C98H100N8O12. The van der Waals surface area contributed by atoms with Gasteiger partial charge in [-0.1, -0.05) is 194 Å². The average molecular weight is 1580 g/mol. The van der Waals surface area contributed by atoms with Gasteiger partial charge in [0.1, 0.15) is 37.4 Å². The SMILES string of the molecule is CN1C(=O)[C@H](CCC(=O)OCc2ccc3c4cccc5cccc(c6cccc2c63)c54)NC(=O)[C@@H]2CC[C@@H](C2)N(C)C(=O)[C@@H](Cc2ccccc2)NC(=O)[C@@H]2CC[C@@H](C2)N(C)C(=O)[C@@H](CCC(=O)OCc2ccc3c4cccc5cccc(c6cccc2c63)c54)NC(=O)[C@@H]2CC[C@@H](C2)N(C)C(=O)[C@H](Cc2ccccc2)NC(=O)[C@@H]2CC[C@H]1C2. The number of carbonyl (C=O) groups is 10. The van der Waals surface area contributed by atoms with Gasteiger partial charge < -0.3 is 50.3 Å². The zero-order chi connectivity index (χ0) is 81.6. The van der Waals surface area contributed by atoms with E-state index in [1.54, 1.807) is 47.8 Å². The highest BCUT2D eigenvalue weighted by molar-refractivity contribution is 6.34. The van der Waals surface area contributed by atoms with E-state index in [0.29, 0.717) is 51.4 Å². The van der Waals surface area contributed by atoms with Crippen molar-refractivity contribution in [3.05, 3.63) is 216 Å². The molecule has 0 aromatic heterocycles. The summed E-state index contributed by atoms with van der Waals surface area (Å²) in [6.07, 6.45) is 4.09. The number of fused-ring (bicyclic) bond motifs is 12. The quantitative estimate of drug-likeness (QED) is 0.0451. The molecule has 118 heavy (non-hydrogen) atoms. The highest BCUT2D eigenvalue weighted by Gasteiger charge is 2.44. The number of nitrogens with one attached hydrogen (secondary N) is 4. The Morgan fingerprint density at radius 2 is 0.576 bits per heavy atom. The van der Waals surface area contributed by atoms with Crippen LogP contribution >= 0.6 is 0 Å². The molecule has 4 saturated carbocycles. The smallest absolute Gasteiger partial charge is 0.306 e. The zero-order valence-corrected chi connectivity index (χ0v) is 67.2. The Labute approximate surface area is 685 Å². The summed E-state index contributed by atoms with van der Waals surface area (Å²) >= 11 is 0. The molecule has 1 aliphatic heterocycles. The molecule has 0 radical (unpaired) electrons. The molecule has 4 N–H and O–H groups in total. The van der Waals surface area contributed by atoms with E-state index in [0.717, 1.165) is 97.7 Å². The third kappa shape index (κ3) is 15.6. The summed E-state index contributed by atoms with van der Waals surface area (Å²) in [5, 5.41) is 30.1. The van der Waals surface area contributed by atoms with E-state index in [2.05, 4.69) is 118 Å². The number of hydrogen-bond acceptors (Lipinski definition) is 12. The zero-order valence-electron chi connectivity index (χ0n) is 67.2. The van der Waals surface area contributed by atoms with E-state index in [4.69, 9.17) is 9.47 Å². The van der Waals surface area contributed by atoms with Crippen LogP contribution in [0.5, 0.6) is 0 Å². The van der Waals surface area contributed by atoms with Gasteiger partial charge in [0.25, 0.3) is 0 Å². The highest BCUT2D eigenvalue weighted by atomic mass is 16.5. The second-order valence-electron chi connectivity index (χ2n) is 33.9. The molecule has 12 atom stereocenters. The number of nitrogens with zero attached hydrogens (tertiary/aromatic N) is 4. The molecule has 0 unspecified atom stereocenters. The molecule has 5 aliphatic rings. The predicted octanol–water partition coefficient (Wildman–Crippen LogP) is 14.1. The molecule has 8 bridgehead atoms. The Morgan fingerprint density at radius 3 is 0.898 bits per heavy atom. The molecule has 20 heteroatoms. The van der Waals surface area contributed by atoms with Crippen LogP contribution < -0.4 is 21.3 Å². The van der Waals surface area contributed by atoms with Crippen LogP contribution in [0.15, 0.2) is 194 Å². The van der Waals surface area contributed by atoms with E-state index in [1.165, 1.54) is 10.8 Å². The number of hydrogen-bond donors (Lipinski definition) is 4. The Balaban J connectivity index is 0.615. The molecule has 5 fully saturated rings. The van der Waals surface area contributed by atoms with Gasteiger partial charge in [0.15, 0.2) is 0 Å². The molecule has 20 nitrogen and oxygen atoms in total. The van der Waals surface area contributed by atoms with E-state index < -0.39 is 108 Å². The molecule has 4 aliphatic carbocycles. The van der Waals surface area contributed by atoms with Gasteiger partial charge in [-0.2, -0.15) is 0 Å². The van der Waals surface area contributed by atoms with Crippen molar-refractivity contribution in [1.29, 1.82) is 0 Å². The minimum atomic E-state index is -1.18. The van der Waals surface area contributed by atoms with Crippen LogP contribution in [-0.4, -0.2) is 155 Å². The lowest BCUT2D eigenvalue weighted by Crippen LogP contribution is -2.53. The second-order valence-corrected chi connectivity index (χ2v) is 33.9. The van der Waals surface area contributed by atoms with Crippen LogP contribution in [-0.2, 0) is 83.5 Å². The van der Waals surface area contributed by atoms with Gasteiger partial charge in [0.05, 0.1) is 0 Å². The maximum atomic E-state index is 15.2. The summed E-state index contributed by atoms with van der Waals surface area (Å²) in [6.45, 7) is -0.0605. The molecule has 0 spiro atoms. The van der Waals surface area contributed by atoms with E-state index in [1.807, 2.05) is 97.1 Å². The third-order valence-electron chi connectivity index (χ3n) is 27.0. The number of rotatable bonds is 14. The Hall–Kier alpha value is -12.1. The lowest BCUT2D eigenvalue weighted by atomic mass is 9.88. The van der Waals surface area contributed by atoms with Crippen LogP contribution in [0.4, 0.5) is 0 Å². The first kappa shape index (κ1) is 78.5. The van der Waals surface area contributed by atoms with Crippen LogP contribution in [0.25, 0.3) is 86.2 Å². The molecule has 604 valence electrons. The molecule has 1 heterocycles. The van der Waals surface area contributed by atoms with Crippen molar-refractivity contribution >= 4 is 145 Å². The largest absolute Gasteiger partial charge is 0.461 e. The minimum absolute atomic E-state index is 0.0302. The second kappa shape index (κ2) is 33.5. The van der Waals surface area contributed by atoms with Gasteiger partial charge in [-0.3, -0.25) is 47.9 Å². The monoisotopic (exact) mass is 1580 g/mol. The average Bonchev–Trinajstić information content (AvgIpc) is 0.765. The number of likely N-dealkylation sites (N-methyl/N-ethyl adjacent to an activating group) is 4. The van der Waals surface area contributed by atoms with E-state index >= 15 is 19.2 Å². The molecular weight excluding hydrogens is 1480 g/mol. The normalized spacial score (nSPS) is 24.4. The van der Waals surface area contributed by atoms with Crippen LogP contribution in [0.3, 0.4) is 0 Å². The highest BCUT2D eigenvalue weighted by Crippen LogP contribution is 2.44. The predicted molar refractivity (Wildman–Crippen MR) is 457 cm³/mol. The molecule has 12 aromatic carbocycles. The van der Waals surface area contributed by atoms with Gasteiger partial charge in [-0.15, -0.1) is 0 Å². The fourth-order valence-corrected chi connectivity index (χ4v) is 20.3. The van der Waals surface area contributed by atoms with Crippen molar-refractivity contribution in [2.45, 2.75) is 177 Å². The maximum Gasteiger partial charge on any atom is 0.306 e. The van der Waals surface area contributed by atoms with Crippen molar-refractivity contribution in [2.75, 3.05) is 28.2 Å². The Bertz CT molecular complexity index is 5440. The summed E-state index contributed by atoms with van der Waals surface area (Å²) in [5.41, 5.74) is 3.28. The lowest BCUT2D eigenvalue weighted by molar-refractivity contribution is -0.147. The van der Waals surface area contributed by atoms with Crippen molar-refractivity contribution < 1.29 is 57.4 Å². The van der Waals surface area contributed by atoms with Crippen LogP contribution in [0, 0.1) is 23.7 Å². The van der Waals surface area contributed by atoms with E-state index in [-0.39, 0.29) is 101 Å². The van der Waals surface area contributed by atoms with Crippen LogP contribution in [0.2, 0.25) is 0 Å². The number of esters is 2. The van der Waals surface area contributed by atoms with Crippen molar-refractivity contribution in [3.63, 3.8) is 0 Å². The fraction of sp³-hybridized carbons (Fsp3) is 0.367. The number of amides is 8. The first-order chi connectivity index (χ1) is 57.3. The lowest BCUT2D eigenvalue weighted by Gasteiger charge is -2.31. The Morgan fingerprint density at radius 1 is 0.305 bits per heavy atom. The van der Waals surface area contributed by atoms with Gasteiger partial charge in [-0.25, -0.2) is 0 Å². The summed E-state index contributed by atoms with van der Waals surface area (Å²) in [4.78, 5) is 155. The number of carbonyl (C=O) groups excluding carboxylic acids is 10. The first-order valence-electron chi connectivity index (χ1n) is 42.1. The van der Waals surface area contributed by atoms with Gasteiger partial charge >= 0.3 is 11.9 Å². The molecule has 17 rings (SSSR count). The van der Waals surface area contributed by atoms with Crippen molar-refractivity contribution in [2.24, 2.45) is 23.7 Å². The Kier molecular flexibility index (Phi) is 22.3. The van der Waals surface area contributed by atoms with Crippen molar-refractivity contribution in [3.8, 4) is 0 Å². The summed E-state index contributed by atoms with van der Waals surface area (Å²) in [6, 6.07) is 58.6.